The number of hydrogen-bond donors (Lipinski definition) is 2. The van der Waals surface area contributed by atoms with E-state index in [1.807, 2.05) is 30.3 Å². The van der Waals surface area contributed by atoms with Crippen LogP contribution in [-0.2, 0) is 23.0 Å². The van der Waals surface area contributed by atoms with E-state index in [9.17, 15) is 8.42 Å². The van der Waals surface area contributed by atoms with Crippen LogP contribution in [0.15, 0.2) is 51.8 Å². The highest BCUT2D eigenvalue weighted by atomic mass is 79.9. The Morgan fingerprint density at radius 1 is 1.19 bits per heavy atom. The lowest BCUT2D eigenvalue weighted by molar-refractivity contribution is 0.581. The summed E-state index contributed by atoms with van der Waals surface area (Å²) in [6.45, 7) is 1.14. The molecule has 0 unspecified atom stereocenters. The largest absolute Gasteiger partial charge is 0.384 e. The van der Waals surface area contributed by atoms with Gasteiger partial charge < -0.3 is 5.32 Å². The molecule has 3 rings (SSSR count). The SMILES string of the molecule is O=S(=O)(NCc1cccc(Br)c1)c1ccc2c(c1)NCC2. The Balaban J connectivity index is 1.78. The lowest BCUT2D eigenvalue weighted by Crippen LogP contribution is -2.23. The Morgan fingerprint density at radius 2 is 2.05 bits per heavy atom. The fraction of sp³-hybridized carbons (Fsp3) is 0.200. The van der Waals surface area contributed by atoms with Gasteiger partial charge in [0.05, 0.1) is 4.90 Å². The smallest absolute Gasteiger partial charge is 0.240 e. The van der Waals surface area contributed by atoms with E-state index in [2.05, 4.69) is 26.0 Å². The molecule has 0 spiro atoms. The minimum atomic E-state index is -3.50. The van der Waals surface area contributed by atoms with Gasteiger partial charge in [0.1, 0.15) is 0 Å². The van der Waals surface area contributed by atoms with Crippen molar-refractivity contribution in [2.75, 3.05) is 11.9 Å². The van der Waals surface area contributed by atoms with E-state index >= 15 is 0 Å². The maximum atomic E-state index is 12.3. The Morgan fingerprint density at radius 3 is 2.86 bits per heavy atom. The van der Waals surface area contributed by atoms with Crippen LogP contribution in [0, 0.1) is 0 Å². The molecule has 1 aliphatic heterocycles. The van der Waals surface area contributed by atoms with Crippen LogP contribution in [-0.4, -0.2) is 15.0 Å². The van der Waals surface area contributed by atoms with E-state index in [0.29, 0.717) is 4.90 Å². The first kappa shape index (κ1) is 14.6. The highest BCUT2D eigenvalue weighted by molar-refractivity contribution is 9.10. The van der Waals surface area contributed by atoms with Gasteiger partial charge in [-0.2, -0.15) is 0 Å². The van der Waals surface area contributed by atoms with Crippen molar-refractivity contribution in [3.63, 3.8) is 0 Å². The number of hydrogen-bond acceptors (Lipinski definition) is 3. The second-order valence-corrected chi connectivity index (χ2v) is 7.63. The molecule has 0 bridgehead atoms. The molecule has 0 amide bonds. The van der Waals surface area contributed by atoms with Crippen molar-refractivity contribution in [2.24, 2.45) is 0 Å². The van der Waals surface area contributed by atoms with Gasteiger partial charge in [0, 0.05) is 23.2 Å². The summed E-state index contributed by atoms with van der Waals surface area (Å²) in [5.41, 5.74) is 2.99. The molecule has 0 saturated heterocycles. The number of halogens is 1. The van der Waals surface area contributed by atoms with Crippen molar-refractivity contribution in [3.8, 4) is 0 Å². The van der Waals surface area contributed by atoms with Crippen LogP contribution < -0.4 is 10.0 Å². The minimum absolute atomic E-state index is 0.270. The summed E-state index contributed by atoms with van der Waals surface area (Å²) in [7, 11) is -3.50. The van der Waals surface area contributed by atoms with Crippen LogP contribution in [0.2, 0.25) is 0 Å². The number of sulfonamides is 1. The Kier molecular flexibility index (Phi) is 4.01. The van der Waals surface area contributed by atoms with Gasteiger partial charge in [0.15, 0.2) is 0 Å². The molecule has 4 nitrogen and oxygen atoms in total. The van der Waals surface area contributed by atoms with Crippen LogP contribution in [0.5, 0.6) is 0 Å². The van der Waals surface area contributed by atoms with Gasteiger partial charge in [-0.25, -0.2) is 13.1 Å². The molecular formula is C15H15BrN2O2S. The molecular weight excluding hydrogens is 352 g/mol. The lowest BCUT2D eigenvalue weighted by Gasteiger charge is -2.09. The minimum Gasteiger partial charge on any atom is -0.384 e. The van der Waals surface area contributed by atoms with Crippen LogP contribution in [0.1, 0.15) is 11.1 Å². The van der Waals surface area contributed by atoms with Crippen molar-refractivity contribution in [2.45, 2.75) is 17.9 Å². The molecule has 2 N–H and O–H groups in total. The highest BCUT2D eigenvalue weighted by Gasteiger charge is 2.17. The van der Waals surface area contributed by atoms with Crippen LogP contribution in [0.4, 0.5) is 5.69 Å². The molecule has 1 aliphatic rings. The summed E-state index contributed by atoms with van der Waals surface area (Å²) < 4.78 is 28.2. The van der Waals surface area contributed by atoms with Crippen molar-refractivity contribution in [1.82, 2.24) is 4.72 Å². The average Bonchev–Trinajstić information content (AvgIpc) is 2.93. The van der Waals surface area contributed by atoms with Crippen LogP contribution >= 0.6 is 15.9 Å². The molecule has 6 heteroatoms. The zero-order chi connectivity index (χ0) is 14.9. The van der Waals surface area contributed by atoms with E-state index in [4.69, 9.17) is 0 Å². The van der Waals surface area contributed by atoms with Gasteiger partial charge in [0.25, 0.3) is 0 Å². The quantitative estimate of drug-likeness (QED) is 0.874. The zero-order valence-electron chi connectivity index (χ0n) is 11.3. The molecule has 21 heavy (non-hydrogen) atoms. The Hall–Kier alpha value is -1.37. The Bertz CT molecular complexity index is 775. The predicted octanol–water partition coefficient (Wildman–Crippen LogP) is 2.90. The molecule has 0 aromatic heterocycles. The summed E-state index contributed by atoms with van der Waals surface area (Å²) in [4.78, 5) is 0.297. The number of anilines is 1. The van der Waals surface area contributed by atoms with Gasteiger partial charge in [-0.05, 0) is 41.8 Å². The molecule has 0 atom stereocenters. The van der Waals surface area contributed by atoms with Gasteiger partial charge >= 0.3 is 0 Å². The number of nitrogens with one attached hydrogen (secondary N) is 2. The number of fused-ring (bicyclic) bond motifs is 1. The molecule has 0 aliphatic carbocycles. The van der Waals surface area contributed by atoms with E-state index in [-0.39, 0.29) is 6.54 Å². The lowest BCUT2D eigenvalue weighted by atomic mass is 10.2. The first-order chi connectivity index (χ1) is 10.0. The van der Waals surface area contributed by atoms with Crippen molar-refractivity contribution >= 4 is 31.6 Å². The maximum Gasteiger partial charge on any atom is 0.240 e. The summed E-state index contributed by atoms with van der Waals surface area (Å²) in [6.07, 6.45) is 0.946. The van der Waals surface area contributed by atoms with Crippen molar-refractivity contribution in [1.29, 1.82) is 0 Å². The third-order valence-electron chi connectivity index (χ3n) is 3.46. The summed E-state index contributed by atoms with van der Waals surface area (Å²) in [5, 5.41) is 3.20. The van der Waals surface area contributed by atoms with E-state index in [0.717, 1.165) is 28.7 Å². The van der Waals surface area contributed by atoms with Gasteiger partial charge in [-0.3, -0.25) is 0 Å². The van der Waals surface area contributed by atoms with E-state index in [1.54, 1.807) is 12.1 Å². The number of benzene rings is 2. The van der Waals surface area contributed by atoms with Crippen LogP contribution in [0.3, 0.4) is 0 Å². The fourth-order valence-corrected chi connectivity index (χ4v) is 3.84. The van der Waals surface area contributed by atoms with Crippen molar-refractivity contribution < 1.29 is 8.42 Å². The molecule has 110 valence electrons. The van der Waals surface area contributed by atoms with Crippen LogP contribution in [0.25, 0.3) is 0 Å². The zero-order valence-corrected chi connectivity index (χ0v) is 13.7. The van der Waals surface area contributed by atoms with E-state index < -0.39 is 10.0 Å². The third kappa shape index (κ3) is 3.28. The topological polar surface area (TPSA) is 58.2 Å². The highest BCUT2D eigenvalue weighted by Crippen LogP contribution is 2.25. The van der Waals surface area contributed by atoms with Gasteiger partial charge in [-0.1, -0.05) is 34.1 Å². The molecule has 2 aromatic rings. The molecule has 0 saturated carbocycles. The monoisotopic (exact) mass is 366 g/mol. The third-order valence-corrected chi connectivity index (χ3v) is 5.35. The summed E-state index contributed by atoms with van der Waals surface area (Å²) in [5.74, 6) is 0. The maximum absolute atomic E-state index is 12.3. The molecule has 2 aromatic carbocycles. The second-order valence-electron chi connectivity index (χ2n) is 4.95. The summed E-state index contributed by atoms with van der Waals surface area (Å²) in [6, 6.07) is 12.8. The number of rotatable bonds is 4. The molecule has 0 radical (unpaired) electrons. The van der Waals surface area contributed by atoms with Gasteiger partial charge in [-0.15, -0.1) is 0 Å². The first-order valence-electron chi connectivity index (χ1n) is 6.65. The fourth-order valence-electron chi connectivity index (χ4n) is 2.35. The van der Waals surface area contributed by atoms with Gasteiger partial charge in [0.2, 0.25) is 10.0 Å². The second kappa shape index (κ2) is 5.79. The summed E-state index contributed by atoms with van der Waals surface area (Å²) >= 11 is 3.38. The Labute approximate surface area is 132 Å². The van der Waals surface area contributed by atoms with E-state index in [1.165, 1.54) is 5.56 Å². The predicted molar refractivity (Wildman–Crippen MR) is 86.8 cm³/mol. The van der Waals surface area contributed by atoms with Crippen molar-refractivity contribution in [3.05, 3.63) is 58.1 Å². The average molecular weight is 367 g/mol. The normalized spacial score (nSPS) is 13.8. The molecule has 0 fully saturated rings. The standard InChI is InChI=1S/C15H15BrN2O2S/c16-13-3-1-2-11(8-13)10-18-21(19,20)14-5-4-12-6-7-17-15(12)9-14/h1-5,8-9,17-18H,6-7,10H2. The first-order valence-corrected chi connectivity index (χ1v) is 8.93. The molecule has 1 heterocycles.